The van der Waals surface area contributed by atoms with E-state index in [0.717, 1.165) is 32.7 Å². The Kier molecular flexibility index (Phi) is 1.96. The lowest BCUT2D eigenvalue weighted by atomic mass is 9.85. The van der Waals surface area contributed by atoms with Crippen molar-refractivity contribution < 1.29 is 4.79 Å². The predicted molar refractivity (Wildman–Crippen MR) is 79.4 cm³/mol. The smallest absolute Gasteiger partial charge is 0.187 e. The third-order valence-electron chi connectivity index (χ3n) is 3.91. The molecule has 0 amide bonds. The van der Waals surface area contributed by atoms with E-state index in [1.807, 2.05) is 25.1 Å². The van der Waals surface area contributed by atoms with E-state index < -0.39 is 0 Å². The second-order valence-corrected chi connectivity index (χ2v) is 5.07. The van der Waals surface area contributed by atoms with Crippen LogP contribution in [0.4, 0.5) is 0 Å². The first-order chi connectivity index (χ1) is 9.25. The molecule has 1 heteroatoms. The Labute approximate surface area is 111 Å². The average Bonchev–Trinajstić information content (AvgIpc) is 2.42. The summed E-state index contributed by atoms with van der Waals surface area (Å²) in [6.07, 6.45) is 1.75. The lowest BCUT2D eigenvalue weighted by molar-refractivity contribution is 0.104. The number of carbonyl (C=O) groups is 1. The fraction of sp³-hybridized carbons (Fsp3) is 0.0556. The largest absolute Gasteiger partial charge is 0.289 e. The molecule has 0 heterocycles. The highest BCUT2D eigenvalue weighted by Gasteiger charge is 2.20. The third-order valence-corrected chi connectivity index (χ3v) is 3.91. The molecule has 0 atom stereocenters. The van der Waals surface area contributed by atoms with Crippen LogP contribution in [0.15, 0.2) is 54.6 Å². The van der Waals surface area contributed by atoms with Crippen LogP contribution in [0.1, 0.15) is 22.8 Å². The molecule has 0 aromatic heterocycles. The molecular formula is C18H12O. The zero-order valence-corrected chi connectivity index (χ0v) is 10.6. The lowest BCUT2D eigenvalue weighted by Gasteiger charge is -2.17. The van der Waals surface area contributed by atoms with E-state index in [0.29, 0.717) is 0 Å². The van der Waals surface area contributed by atoms with E-state index in [1.165, 1.54) is 5.56 Å². The van der Waals surface area contributed by atoms with Crippen molar-refractivity contribution in [3.05, 3.63) is 65.7 Å². The summed E-state index contributed by atoms with van der Waals surface area (Å²) >= 11 is 0. The fourth-order valence-electron chi connectivity index (χ4n) is 3.05. The van der Waals surface area contributed by atoms with E-state index in [-0.39, 0.29) is 5.78 Å². The fourth-order valence-corrected chi connectivity index (χ4v) is 3.05. The Bertz CT molecular complexity index is 885. The van der Waals surface area contributed by atoms with Gasteiger partial charge >= 0.3 is 0 Å². The van der Waals surface area contributed by atoms with Crippen molar-refractivity contribution >= 4 is 32.9 Å². The molecular weight excluding hydrogens is 232 g/mol. The average molecular weight is 244 g/mol. The number of carbonyl (C=O) groups excluding carboxylic acids is 1. The second-order valence-electron chi connectivity index (χ2n) is 5.07. The molecule has 1 nitrogen and oxygen atoms in total. The number of hydrogen-bond acceptors (Lipinski definition) is 1. The number of rotatable bonds is 0. The van der Waals surface area contributed by atoms with Crippen molar-refractivity contribution in [1.29, 1.82) is 0 Å². The topological polar surface area (TPSA) is 17.1 Å². The summed E-state index contributed by atoms with van der Waals surface area (Å²) in [5, 5.41) is 4.43. The Morgan fingerprint density at radius 1 is 0.895 bits per heavy atom. The SMILES string of the molecule is CC1=CC(=O)c2c3ccccc3cc3cccc1c23. The highest BCUT2D eigenvalue weighted by molar-refractivity contribution is 6.28. The van der Waals surface area contributed by atoms with Gasteiger partial charge in [-0.25, -0.2) is 0 Å². The van der Waals surface area contributed by atoms with Gasteiger partial charge in [0.15, 0.2) is 5.78 Å². The van der Waals surface area contributed by atoms with Crippen LogP contribution in [0, 0.1) is 0 Å². The molecule has 0 radical (unpaired) electrons. The van der Waals surface area contributed by atoms with Crippen molar-refractivity contribution in [3.8, 4) is 0 Å². The van der Waals surface area contributed by atoms with Gasteiger partial charge < -0.3 is 0 Å². The molecule has 19 heavy (non-hydrogen) atoms. The normalized spacial score (nSPS) is 13.9. The number of hydrogen-bond donors (Lipinski definition) is 0. The van der Waals surface area contributed by atoms with E-state index >= 15 is 0 Å². The second kappa shape index (κ2) is 3.55. The predicted octanol–water partition coefficient (Wildman–Crippen LogP) is 4.59. The van der Waals surface area contributed by atoms with Crippen LogP contribution in [0.5, 0.6) is 0 Å². The summed E-state index contributed by atoms with van der Waals surface area (Å²) in [7, 11) is 0. The van der Waals surface area contributed by atoms with Crippen LogP contribution in [0.2, 0.25) is 0 Å². The van der Waals surface area contributed by atoms with Gasteiger partial charge in [-0.3, -0.25) is 4.79 Å². The van der Waals surface area contributed by atoms with Crippen LogP contribution < -0.4 is 0 Å². The van der Waals surface area contributed by atoms with Crippen LogP contribution in [-0.2, 0) is 0 Å². The molecule has 0 bridgehead atoms. The Balaban J connectivity index is 2.35. The summed E-state index contributed by atoms with van der Waals surface area (Å²) < 4.78 is 0. The monoisotopic (exact) mass is 244 g/mol. The molecule has 1 aliphatic carbocycles. The first-order valence-electron chi connectivity index (χ1n) is 6.43. The zero-order chi connectivity index (χ0) is 13.0. The molecule has 0 saturated heterocycles. The van der Waals surface area contributed by atoms with Gasteiger partial charge in [0.25, 0.3) is 0 Å². The number of benzene rings is 3. The molecule has 1 aliphatic rings. The first-order valence-corrected chi connectivity index (χ1v) is 6.43. The molecule has 3 aromatic rings. The van der Waals surface area contributed by atoms with E-state index in [4.69, 9.17) is 0 Å². The van der Waals surface area contributed by atoms with Crippen LogP contribution in [0.3, 0.4) is 0 Å². The highest BCUT2D eigenvalue weighted by Crippen LogP contribution is 2.37. The van der Waals surface area contributed by atoms with Gasteiger partial charge in [-0.2, -0.15) is 0 Å². The lowest BCUT2D eigenvalue weighted by Crippen LogP contribution is -2.05. The Hall–Kier alpha value is -2.41. The van der Waals surface area contributed by atoms with E-state index in [9.17, 15) is 4.79 Å². The van der Waals surface area contributed by atoms with Crippen molar-refractivity contribution in [3.63, 3.8) is 0 Å². The van der Waals surface area contributed by atoms with Gasteiger partial charge in [0.05, 0.1) is 0 Å². The van der Waals surface area contributed by atoms with Gasteiger partial charge in [0, 0.05) is 10.9 Å². The number of ketones is 1. The highest BCUT2D eigenvalue weighted by atomic mass is 16.1. The summed E-state index contributed by atoms with van der Waals surface area (Å²) in [5.41, 5.74) is 3.09. The van der Waals surface area contributed by atoms with E-state index in [2.05, 4.69) is 30.3 Å². The Morgan fingerprint density at radius 3 is 2.58 bits per heavy atom. The van der Waals surface area contributed by atoms with Gasteiger partial charge in [0.2, 0.25) is 0 Å². The van der Waals surface area contributed by atoms with Crippen molar-refractivity contribution in [2.75, 3.05) is 0 Å². The maximum atomic E-state index is 12.4. The molecule has 0 fully saturated rings. The third kappa shape index (κ3) is 1.33. The molecule has 0 aliphatic heterocycles. The minimum atomic E-state index is 0.123. The molecule has 4 rings (SSSR count). The Morgan fingerprint density at radius 2 is 1.68 bits per heavy atom. The molecule has 0 spiro atoms. The summed E-state index contributed by atoms with van der Waals surface area (Å²) in [5.74, 6) is 0.123. The minimum Gasteiger partial charge on any atom is -0.289 e. The van der Waals surface area contributed by atoms with Gasteiger partial charge in [-0.15, -0.1) is 0 Å². The quantitative estimate of drug-likeness (QED) is 0.528. The van der Waals surface area contributed by atoms with Gasteiger partial charge in [-0.1, -0.05) is 42.5 Å². The summed E-state index contributed by atoms with van der Waals surface area (Å²) in [6, 6.07) is 16.5. The number of allylic oxidation sites excluding steroid dienone is 2. The van der Waals surface area contributed by atoms with Gasteiger partial charge in [0.1, 0.15) is 0 Å². The standard InChI is InChI=1S/C18H12O/c1-11-9-16(19)18-15-7-3-2-5-12(15)10-13-6-4-8-14(11)17(13)18/h2-10H,1H3. The molecule has 0 saturated carbocycles. The zero-order valence-electron chi connectivity index (χ0n) is 10.6. The molecule has 3 aromatic carbocycles. The first kappa shape index (κ1) is 10.5. The van der Waals surface area contributed by atoms with Crippen molar-refractivity contribution in [2.24, 2.45) is 0 Å². The van der Waals surface area contributed by atoms with Crippen LogP contribution in [-0.4, -0.2) is 5.78 Å². The van der Waals surface area contributed by atoms with Gasteiger partial charge in [-0.05, 0) is 46.4 Å². The minimum absolute atomic E-state index is 0.123. The van der Waals surface area contributed by atoms with E-state index in [1.54, 1.807) is 6.08 Å². The molecule has 0 unspecified atom stereocenters. The van der Waals surface area contributed by atoms with Crippen LogP contribution >= 0.6 is 0 Å². The van der Waals surface area contributed by atoms with Crippen molar-refractivity contribution in [2.45, 2.75) is 6.92 Å². The summed E-state index contributed by atoms with van der Waals surface area (Å²) in [6.45, 7) is 2.00. The number of fused-ring (bicyclic) bond motifs is 2. The maximum absolute atomic E-state index is 12.4. The van der Waals surface area contributed by atoms with Crippen molar-refractivity contribution in [1.82, 2.24) is 0 Å². The molecule has 0 N–H and O–H groups in total. The maximum Gasteiger partial charge on any atom is 0.187 e. The summed E-state index contributed by atoms with van der Waals surface area (Å²) in [4.78, 5) is 12.4. The molecule has 90 valence electrons. The van der Waals surface area contributed by atoms with Crippen LogP contribution in [0.25, 0.3) is 27.1 Å².